The predicted octanol–water partition coefficient (Wildman–Crippen LogP) is 3.81. The van der Waals surface area contributed by atoms with E-state index in [1.807, 2.05) is 18.8 Å². The molecule has 1 fully saturated rings. The second kappa shape index (κ2) is 5.11. The number of hydrogen-bond acceptors (Lipinski definition) is 2. The standard InChI is InChI=1S/C13H18BrNS/c1-3-16-12-5-4-10(8-11(12)14)13(6-7-13)9-15-2/h4-5,8,15H,3,6-7,9H2,1-2H3. The van der Waals surface area contributed by atoms with E-state index in [0.717, 1.165) is 12.3 Å². The van der Waals surface area contributed by atoms with E-state index in [1.54, 1.807) is 0 Å². The van der Waals surface area contributed by atoms with Crippen LogP contribution in [0.1, 0.15) is 25.3 Å². The summed E-state index contributed by atoms with van der Waals surface area (Å²) in [6.45, 7) is 3.29. The van der Waals surface area contributed by atoms with Crippen molar-refractivity contribution in [3.8, 4) is 0 Å². The smallest absolute Gasteiger partial charge is 0.0314 e. The van der Waals surface area contributed by atoms with Gasteiger partial charge in [0.05, 0.1) is 0 Å². The molecule has 1 aliphatic rings. The largest absolute Gasteiger partial charge is 0.319 e. The van der Waals surface area contributed by atoms with Crippen LogP contribution in [0, 0.1) is 0 Å². The summed E-state index contributed by atoms with van der Waals surface area (Å²) in [5.74, 6) is 1.12. The number of thioether (sulfide) groups is 1. The van der Waals surface area contributed by atoms with Gasteiger partial charge >= 0.3 is 0 Å². The second-order valence-corrected chi connectivity index (χ2v) is 6.55. The van der Waals surface area contributed by atoms with E-state index < -0.39 is 0 Å². The number of likely N-dealkylation sites (N-methyl/N-ethyl adjacent to an activating group) is 1. The summed E-state index contributed by atoms with van der Waals surface area (Å²) in [7, 11) is 2.04. The molecule has 0 spiro atoms. The monoisotopic (exact) mass is 299 g/mol. The molecule has 88 valence electrons. The molecule has 0 aromatic heterocycles. The molecule has 0 radical (unpaired) electrons. The third-order valence-corrected chi connectivity index (χ3v) is 5.09. The molecular weight excluding hydrogens is 282 g/mol. The molecule has 1 aromatic carbocycles. The highest BCUT2D eigenvalue weighted by molar-refractivity contribution is 9.10. The van der Waals surface area contributed by atoms with Gasteiger partial charge in [-0.15, -0.1) is 11.8 Å². The Labute approximate surface area is 111 Å². The summed E-state index contributed by atoms with van der Waals surface area (Å²) in [5, 5.41) is 3.31. The third kappa shape index (κ3) is 2.47. The minimum atomic E-state index is 0.423. The highest BCUT2D eigenvalue weighted by Gasteiger charge is 2.43. The molecule has 1 N–H and O–H groups in total. The molecule has 16 heavy (non-hydrogen) atoms. The lowest BCUT2D eigenvalue weighted by Gasteiger charge is -2.16. The summed E-state index contributed by atoms with van der Waals surface area (Å²) in [4.78, 5) is 1.35. The lowest BCUT2D eigenvalue weighted by atomic mass is 9.96. The van der Waals surface area contributed by atoms with Gasteiger partial charge in [-0.05, 0) is 59.3 Å². The van der Waals surface area contributed by atoms with Gasteiger partial charge in [-0.3, -0.25) is 0 Å². The van der Waals surface area contributed by atoms with Crippen molar-refractivity contribution < 1.29 is 0 Å². The molecule has 0 bridgehead atoms. The first-order valence-electron chi connectivity index (χ1n) is 5.79. The molecule has 1 saturated carbocycles. The van der Waals surface area contributed by atoms with Gasteiger partial charge in [-0.25, -0.2) is 0 Å². The second-order valence-electron chi connectivity index (χ2n) is 4.39. The molecule has 0 unspecified atom stereocenters. The van der Waals surface area contributed by atoms with Crippen molar-refractivity contribution in [1.29, 1.82) is 0 Å². The van der Waals surface area contributed by atoms with Crippen molar-refractivity contribution in [3.05, 3.63) is 28.2 Å². The molecule has 1 aliphatic carbocycles. The predicted molar refractivity (Wildman–Crippen MR) is 75.4 cm³/mol. The van der Waals surface area contributed by atoms with Crippen molar-refractivity contribution in [1.82, 2.24) is 5.32 Å². The number of halogens is 1. The molecule has 0 heterocycles. The molecule has 0 amide bonds. The normalized spacial score (nSPS) is 17.4. The first kappa shape index (κ1) is 12.5. The summed E-state index contributed by atoms with van der Waals surface area (Å²) in [5.41, 5.74) is 1.90. The minimum absolute atomic E-state index is 0.423. The van der Waals surface area contributed by atoms with Crippen molar-refractivity contribution >= 4 is 27.7 Å². The Kier molecular flexibility index (Phi) is 3.98. The summed E-state index contributed by atoms with van der Waals surface area (Å²) >= 11 is 5.57. The van der Waals surface area contributed by atoms with Crippen LogP contribution < -0.4 is 5.32 Å². The van der Waals surface area contributed by atoms with Gasteiger partial charge in [0.25, 0.3) is 0 Å². The fourth-order valence-electron chi connectivity index (χ4n) is 2.16. The van der Waals surface area contributed by atoms with Crippen LogP contribution in [0.3, 0.4) is 0 Å². The topological polar surface area (TPSA) is 12.0 Å². The van der Waals surface area contributed by atoms with Crippen molar-refractivity contribution in [3.63, 3.8) is 0 Å². The fourth-order valence-corrected chi connectivity index (χ4v) is 3.55. The molecule has 1 nitrogen and oxygen atoms in total. The Morgan fingerprint density at radius 3 is 2.69 bits per heavy atom. The zero-order valence-corrected chi connectivity index (χ0v) is 12.2. The summed E-state index contributed by atoms with van der Waals surface area (Å²) < 4.78 is 1.25. The van der Waals surface area contributed by atoms with Gasteiger partial charge in [0.2, 0.25) is 0 Å². The van der Waals surface area contributed by atoms with Gasteiger partial charge < -0.3 is 5.32 Å². The van der Waals surface area contributed by atoms with Crippen molar-refractivity contribution in [2.24, 2.45) is 0 Å². The fraction of sp³-hybridized carbons (Fsp3) is 0.538. The van der Waals surface area contributed by atoms with E-state index >= 15 is 0 Å². The average molecular weight is 300 g/mol. The Hall–Kier alpha value is 0.01000. The number of nitrogens with one attached hydrogen (secondary N) is 1. The zero-order valence-electron chi connectivity index (χ0n) is 9.85. The molecule has 0 atom stereocenters. The van der Waals surface area contributed by atoms with E-state index in [-0.39, 0.29) is 0 Å². The van der Waals surface area contributed by atoms with Crippen LogP contribution in [0.2, 0.25) is 0 Å². The van der Waals surface area contributed by atoms with Crippen LogP contribution in [-0.4, -0.2) is 19.3 Å². The van der Waals surface area contributed by atoms with Crippen LogP contribution in [0.5, 0.6) is 0 Å². The van der Waals surface area contributed by atoms with Crippen molar-refractivity contribution in [2.45, 2.75) is 30.1 Å². The summed E-state index contributed by atoms with van der Waals surface area (Å²) in [6, 6.07) is 6.86. The number of benzene rings is 1. The highest BCUT2D eigenvalue weighted by Crippen LogP contribution is 2.48. The van der Waals surface area contributed by atoms with Crippen molar-refractivity contribution in [2.75, 3.05) is 19.3 Å². The van der Waals surface area contributed by atoms with Gasteiger partial charge in [-0.1, -0.05) is 13.0 Å². The third-order valence-electron chi connectivity index (χ3n) is 3.21. The van der Waals surface area contributed by atoms with Gasteiger partial charge in [0.15, 0.2) is 0 Å². The molecule has 2 rings (SSSR count). The van der Waals surface area contributed by atoms with Crippen LogP contribution in [-0.2, 0) is 5.41 Å². The molecular formula is C13H18BrNS. The van der Waals surface area contributed by atoms with Gasteiger partial charge in [-0.2, -0.15) is 0 Å². The number of rotatable bonds is 5. The van der Waals surface area contributed by atoms with E-state index in [0.29, 0.717) is 5.41 Å². The maximum absolute atomic E-state index is 3.68. The maximum atomic E-state index is 3.68. The lowest BCUT2D eigenvalue weighted by Crippen LogP contribution is -2.23. The first-order valence-corrected chi connectivity index (χ1v) is 7.57. The molecule has 0 saturated heterocycles. The maximum Gasteiger partial charge on any atom is 0.0314 e. The molecule has 1 aromatic rings. The average Bonchev–Trinajstić information content (AvgIpc) is 3.03. The van der Waals surface area contributed by atoms with E-state index in [2.05, 4.69) is 46.4 Å². The van der Waals surface area contributed by atoms with Gasteiger partial charge in [0, 0.05) is 21.3 Å². The van der Waals surface area contributed by atoms with Crippen LogP contribution in [0.15, 0.2) is 27.6 Å². The minimum Gasteiger partial charge on any atom is -0.319 e. The summed E-state index contributed by atoms with van der Waals surface area (Å²) in [6.07, 6.45) is 2.64. The lowest BCUT2D eigenvalue weighted by molar-refractivity contribution is 0.623. The van der Waals surface area contributed by atoms with Gasteiger partial charge in [0.1, 0.15) is 0 Å². The quantitative estimate of drug-likeness (QED) is 0.830. The SMILES string of the molecule is CCSc1ccc(C2(CNC)CC2)cc1Br. The van der Waals surface area contributed by atoms with Crippen LogP contribution >= 0.6 is 27.7 Å². The van der Waals surface area contributed by atoms with Crippen LogP contribution in [0.25, 0.3) is 0 Å². The van der Waals surface area contributed by atoms with E-state index in [9.17, 15) is 0 Å². The first-order chi connectivity index (χ1) is 7.72. The highest BCUT2D eigenvalue weighted by atomic mass is 79.9. The number of hydrogen-bond donors (Lipinski definition) is 1. The zero-order chi connectivity index (χ0) is 11.6. The Morgan fingerprint density at radius 1 is 1.44 bits per heavy atom. The van der Waals surface area contributed by atoms with Crippen LogP contribution in [0.4, 0.5) is 0 Å². The van der Waals surface area contributed by atoms with E-state index in [1.165, 1.54) is 27.8 Å². The molecule has 0 aliphatic heterocycles. The Morgan fingerprint density at radius 2 is 2.19 bits per heavy atom. The molecule has 3 heteroatoms. The Bertz CT molecular complexity index is 374. The van der Waals surface area contributed by atoms with E-state index in [4.69, 9.17) is 0 Å². The Balaban J connectivity index is 2.21.